The lowest BCUT2D eigenvalue weighted by Crippen LogP contribution is -2.48. The first kappa shape index (κ1) is 12.1. The van der Waals surface area contributed by atoms with Gasteiger partial charge in [0, 0.05) is 13.0 Å². The van der Waals surface area contributed by atoms with Crippen molar-refractivity contribution in [1.82, 2.24) is 4.90 Å². The van der Waals surface area contributed by atoms with Crippen molar-refractivity contribution in [1.29, 1.82) is 0 Å². The van der Waals surface area contributed by atoms with E-state index < -0.39 is 5.60 Å². The second-order valence-electron chi connectivity index (χ2n) is 5.57. The van der Waals surface area contributed by atoms with E-state index in [1.165, 1.54) is 0 Å². The number of carbonyl (C=O) groups excluding carboxylic acids is 1. The number of hydrogen-bond donors (Lipinski definition) is 1. The van der Waals surface area contributed by atoms with E-state index in [1.807, 2.05) is 7.05 Å². The van der Waals surface area contributed by atoms with Crippen molar-refractivity contribution in [3.05, 3.63) is 0 Å². The van der Waals surface area contributed by atoms with Gasteiger partial charge in [0.15, 0.2) is 0 Å². The van der Waals surface area contributed by atoms with Crippen LogP contribution in [0, 0.1) is 0 Å². The highest BCUT2D eigenvalue weighted by molar-refractivity contribution is 5.84. The summed E-state index contributed by atoms with van der Waals surface area (Å²) in [5.41, 5.74) is -0.521. The van der Waals surface area contributed by atoms with Gasteiger partial charge in [-0.25, -0.2) is 0 Å². The first-order valence-electron chi connectivity index (χ1n) is 6.56. The topological polar surface area (TPSA) is 40.5 Å². The largest absolute Gasteiger partial charge is 0.389 e. The molecule has 16 heavy (non-hydrogen) atoms. The Morgan fingerprint density at radius 2 is 2.00 bits per heavy atom. The maximum atomic E-state index is 11.8. The Labute approximate surface area is 97.8 Å². The second kappa shape index (κ2) is 4.84. The van der Waals surface area contributed by atoms with Gasteiger partial charge >= 0.3 is 0 Å². The van der Waals surface area contributed by atoms with Crippen LogP contribution in [0.2, 0.25) is 0 Å². The first-order valence-corrected chi connectivity index (χ1v) is 6.56. The minimum atomic E-state index is -0.521. The molecular formula is C13H23NO2. The molecule has 0 amide bonds. The maximum Gasteiger partial charge on any atom is 0.149 e. The summed E-state index contributed by atoms with van der Waals surface area (Å²) in [6.45, 7) is 0.670. The van der Waals surface area contributed by atoms with E-state index in [0.29, 0.717) is 12.3 Å². The van der Waals surface area contributed by atoms with E-state index >= 15 is 0 Å². The highest BCUT2D eigenvalue weighted by atomic mass is 16.3. The SMILES string of the molecule is CN(CC1(O)CCCC1)C1CCCCC1=O. The number of rotatable bonds is 3. The van der Waals surface area contributed by atoms with Gasteiger partial charge in [-0.05, 0) is 32.7 Å². The number of carbonyl (C=O) groups is 1. The van der Waals surface area contributed by atoms with E-state index in [9.17, 15) is 9.90 Å². The summed E-state index contributed by atoms with van der Waals surface area (Å²) >= 11 is 0. The van der Waals surface area contributed by atoms with Crippen LogP contribution in [-0.2, 0) is 4.79 Å². The smallest absolute Gasteiger partial charge is 0.149 e. The molecule has 0 aromatic carbocycles. The highest BCUT2D eigenvalue weighted by Crippen LogP contribution is 2.31. The van der Waals surface area contributed by atoms with E-state index in [2.05, 4.69) is 4.90 Å². The fourth-order valence-corrected chi connectivity index (χ4v) is 3.20. The van der Waals surface area contributed by atoms with Gasteiger partial charge in [0.2, 0.25) is 0 Å². The molecule has 0 heterocycles. The Morgan fingerprint density at radius 3 is 2.62 bits per heavy atom. The number of nitrogens with zero attached hydrogens (tertiary/aromatic N) is 1. The summed E-state index contributed by atoms with van der Waals surface area (Å²) < 4.78 is 0. The molecule has 2 rings (SSSR count). The summed E-state index contributed by atoms with van der Waals surface area (Å²) in [7, 11) is 1.99. The zero-order chi connectivity index (χ0) is 11.6. The van der Waals surface area contributed by atoms with Crippen LogP contribution >= 0.6 is 0 Å². The lowest BCUT2D eigenvalue weighted by Gasteiger charge is -2.35. The fourth-order valence-electron chi connectivity index (χ4n) is 3.20. The molecule has 0 aromatic rings. The number of ketones is 1. The van der Waals surface area contributed by atoms with Crippen LogP contribution in [0.4, 0.5) is 0 Å². The molecule has 2 fully saturated rings. The zero-order valence-corrected chi connectivity index (χ0v) is 10.2. The van der Waals surface area contributed by atoms with Crippen LogP contribution in [0.3, 0.4) is 0 Å². The van der Waals surface area contributed by atoms with Crippen LogP contribution in [-0.4, -0.2) is 41.0 Å². The number of Topliss-reactive ketones (excluding diaryl/α,β-unsaturated/α-hetero) is 1. The van der Waals surface area contributed by atoms with Gasteiger partial charge < -0.3 is 5.11 Å². The van der Waals surface area contributed by atoms with Crippen LogP contribution in [0.5, 0.6) is 0 Å². The molecule has 0 aliphatic heterocycles. The average molecular weight is 225 g/mol. The van der Waals surface area contributed by atoms with Crippen LogP contribution in [0.25, 0.3) is 0 Å². The number of hydrogen-bond acceptors (Lipinski definition) is 3. The van der Waals surface area contributed by atoms with Crippen molar-refractivity contribution in [2.24, 2.45) is 0 Å². The van der Waals surface area contributed by atoms with Gasteiger partial charge in [0.25, 0.3) is 0 Å². The van der Waals surface area contributed by atoms with Gasteiger partial charge in [-0.1, -0.05) is 19.3 Å². The molecule has 92 valence electrons. The van der Waals surface area contributed by atoms with Crippen molar-refractivity contribution in [3.63, 3.8) is 0 Å². The summed E-state index contributed by atoms with van der Waals surface area (Å²) in [6.07, 6.45) is 7.97. The summed E-state index contributed by atoms with van der Waals surface area (Å²) in [5.74, 6) is 0.371. The predicted octanol–water partition coefficient (Wildman–Crippen LogP) is 1.73. The van der Waals surface area contributed by atoms with Gasteiger partial charge in [0.05, 0.1) is 11.6 Å². The molecular weight excluding hydrogens is 202 g/mol. The highest BCUT2D eigenvalue weighted by Gasteiger charge is 2.35. The molecule has 1 atom stereocenters. The van der Waals surface area contributed by atoms with Crippen molar-refractivity contribution in [3.8, 4) is 0 Å². The van der Waals surface area contributed by atoms with E-state index in [4.69, 9.17) is 0 Å². The quantitative estimate of drug-likeness (QED) is 0.795. The van der Waals surface area contributed by atoms with Crippen molar-refractivity contribution >= 4 is 5.78 Å². The Morgan fingerprint density at radius 1 is 1.31 bits per heavy atom. The van der Waals surface area contributed by atoms with Gasteiger partial charge in [-0.2, -0.15) is 0 Å². The van der Waals surface area contributed by atoms with Crippen molar-refractivity contribution in [2.45, 2.75) is 63.0 Å². The molecule has 2 aliphatic rings. The fraction of sp³-hybridized carbons (Fsp3) is 0.923. The molecule has 3 nitrogen and oxygen atoms in total. The van der Waals surface area contributed by atoms with E-state index in [1.54, 1.807) is 0 Å². The minimum absolute atomic E-state index is 0.0679. The standard InChI is InChI=1S/C13H23NO2/c1-14(10-13(16)8-4-5-9-13)11-6-2-3-7-12(11)15/h11,16H,2-10H2,1H3. The molecule has 0 spiro atoms. The molecule has 0 bridgehead atoms. The third-order valence-corrected chi connectivity index (χ3v) is 4.13. The maximum absolute atomic E-state index is 11.8. The number of aliphatic hydroxyl groups is 1. The summed E-state index contributed by atoms with van der Waals surface area (Å²) in [4.78, 5) is 13.9. The number of likely N-dealkylation sites (N-methyl/N-ethyl adjacent to an activating group) is 1. The van der Waals surface area contributed by atoms with Gasteiger partial charge in [-0.3, -0.25) is 9.69 Å². The zero-order valence-electron chi connectivity index (χ0n) is 10.2. The molecule has 0 radical (unpaired) electrons. The molecule has 2 saturated carbocycles. The average Bonchev–Trinajstić information content (AvgIpc) is 2.65. The Bertz CT molecular complexity index is 259. The molecule has 2 aliphatic carbocycles. The Hall–Kier alpha value is -0.410. The van der Waals surface area contributed by atoms with Gasteiger partial charge in [-0.15, -0.1) is 0 Å². The third kappa shape index (κ3) is 2.64. The lowest BCUT2D eigenvalue weighted by molar-refractivity contribution is -0.126. The monoisotopic (exact) mass is 225 g/mol. The molecule has 0 saturated heterocycles. The Kier molecular flexibility index (Phi) is 3.65. The summed E-state index contributed by atoms with van der Waals surface area (Å²) in [5, 5.41) is 10.3. The van der Waals surface area contributed by atoms with Crippen LogP contribution < -0.4 is 0 Å². The Balaban J connectivity index is 1.91. The van der Waals surface area contributed by atoms with Crippen LogP contribution in [0.15, 0.2) is 0 Å². The second-order valence-corrected chi connectivity index (χ2v) is 5.57. The van der Waals surface area contributed by atoms with Gasteiger partial charge in [0.1, 0.15) is 5.78 Å². The molecule has 1 N–H and O–H groups in total. The third-order valence-electron chi connectivity index (χ3n) is 4.13. The predicted molar refractivity (Wildman–Crippen MR) is 63.3 cm³/mol. The lowest BCUT2D eigenvalue weighted by atomic mass is 9.91. The van der Waals surface area contributed by atoms with Crippen molar-refractivity contribution < 1.29 is 9.90 Å². The first-order chi connectivity index (χ1) is 7.61. The molecule has 1 unspecified atom stereocenters. The van der Waals surface area contributed by atoms with Crippen LogP contribution in [0.1, 0.15) is 51.4 Å². The minimum Gasteiger partial charge on any atom is -0.389 e. The summed E-state index contributed by atoms with van der Waals surface area (Å²) in [6, 6.07) is 0.0679. The van der Waals surface area contributed by atoms with E-state index in [-0.39, 0.29) is 6.04 Å². The van der Waals surface area contributed by atoms with E-state index in [0.717, 1.165) is 51.4 Å². The normalized spacial score (nSPS) is 29.9. The van der Waals surface area contributed by atoms with Crippen molar-refractivity contribution in [2.75, 3.05) is 13.6 Å². The molecule has 0 aromatic heterocycles. The molecule has 3 heteroatoms.